The number of imide groups is 1. The highest BCUT2D eigenvalue weighted by Crippen LogP contribution is 2.23. The Morgan fingerprint density at radius 3 is 2.89 bits per heavy atom. The first-order valence-electron chi connectivity index (χ1n) is 6.12. The topological polar surface area (TPSA) is 66.1 Å². The molecular weight excluding hydrogens is 242 g/mol. The minimum absolute atomic E-state index is 0.178. The molecule has 0 spiro atoms. The molecule has 2 amide bonds. The summed E-state index contributed by atoms with van der Waals surface area (Å²) in [6, 6.07) is 0. The van der Waals surface area contributed by atoms with Crippen molar-refractivity contribution in [1.29, 1.82) is 0 Å². The average molecular weight is 259 g/mol. The largest absolute Gasteiger partial charge is 0.282 e. The Bertz CT molecular complexity index is 567. The van der Waals surface area contributed by atoms with E-state index >= 15 is 0 Å². The Hall–Kier alpha value is -2.17. The van der Waals surface area contributed by atoms with Crippen molar-refractivity contribution < 1.29 is 9.59 Å². The molecule has 0 aromatic carbocycles. The maximum absolute atomic E-state index is 12.1. The van der Waals surface area contributed by atoms with Gasteiger partial charge in [0.1, 0.15) is 0 Å². The summed E-state index contributed by atoms with van der Waals surface area (Å²) in [4.78, 5) is 25.0. The van der Waals surface area contributed by atoms with Crippen molar-refractivity contribution in [1.82, 2.24) is 15.1 Å². The number of aromatic amines is 1. The fraction of sp³-hybridized carbons (Fsp3) is 0.357. The quantitative estimate of drug-likeness (QED) is 0.822. The summed E-state index contributed by atoms with van der Waals surface area (Å²) in [5.74, 6) is -0.569. The molecule has 0 aliphatic carbocycles. The van der Waals surface area contributed by atoms with Crippen LogP contribution in [0.5, 0.6) is 0 Å². The molecule has 5 nitrogen and oxygen atoms in total. The fourth-order valence-corrected chi connectivity index (χ4v) is 1.89. The smallest absolute Gasteiger partial charge is 0.253 e. The second-order valence-corrected chi connectivity index (χ2v) is 5.37. The number of aryl methyl sites for hydroxylation is 1. The molecule has 0 radical (unpaired) electrons. The summed E-state index contributed by atoms with van der Waals surface area (Å²) in [6.45, 7) is 6.24. The summed E-state index contributed by atoms with van der Waals surface area (Å²) in [5, 5.41) is 6.66. The molecule has 1 aromatic rings. The van der Waals surface area contributed by atoms with Crippen LogP contribution in [0.4, 0.5) is 0 Å². The summed E-state index contributed by atoms with van der Waals surface area (Å²) >= 11 is 0. The van der Waals surface area contributed by atoms with Crippen LogP contribution in [0.25, 0.3) is 6.08 Å². The van der Waals surface area contributed by atoms with Gasteiger partial charge in [0.05, 0.1) is 6.20 Å². The van der Waals surface area contributed by atoms with Gasteiger partial charge in [-0.2, -0.15) is 5.10 Å². The van der Waals surface area contributed by atoms with Gasteiger partial charge in [-0.3, -0.25) is 19.6 Å². The molecular formula is C14H17N3O2. The summed E-state index contributed by atoms with van der Waals surface area (Å²) in [6.07, 6.45) is 8.01. The van der Waals surface area contributed by atoms with Crippen molar-refractivity contribution in [3.05, 3.63) is 35.7 Å². The molecule has 0 atom stereocenters. The third-order valence-electron chi connectivity index (χ3n) is 3.05. The maximum Gasteiger partial charge on any atom is 0.253 e. The van der Waals surface area contributed by atoms with Crippen molar-refractivity contribution in [2.24, 2.45) is 5.41 Å². The zero-order chi connectivity index (χ0) is 14.0. The van der Waals surface area contributed by atoms with Crippen LogP contribution >= 0.6 is 0 Å². The predicted molar refractivity (Wildman–Crippen MR) is 72.0 cm³/mol. The standard InChI is InChI=1S/C14H17N3O2/c1-10-11(8-15-16-10)4-5-12(18)17-9-14(2,3)7-6-13(17)19/h4-8H,9H2,1-3H3,(H,15,16)/b5-4+. The SMILES string of the molecule is Cc1[nH]ncc1/C=C/C(=O)N1CC(C)(C)C=CC1=O. The first-order chi connectivity index (χ1) is 8.89. The highest BCUT2D eigenvalue weighted by Gasteiger charge is 2.29. The van der Waals surface area contributed by atoms with Crippen molar-refractivity contribution >= 4 is 17.9 Å². The molecule has 2 heterocycles. The number of aromatic nitrogens is 2. The van der Waals surface area contributed by atoms with Crippen LogP contribution < -0.4 is 0 Å². The third kappa shape index (κ3) is 2.99. The van der Waals surface area contributed by atoms with E-state index in [4.69, 9.17) is 0 Å². The molecule has 1 N–H and O–H groups in total. The van der Waals surface area contributed by atoms with Crippen LogP contribution in [-0.2, 0) is 9.59 Å². The molecule has 0 saturated heterocycles. The van der Waals surface area contributed by atoms with E-state index in [-0.39, 0.29) is 17.2 Å². The van der Waals surface area contributed by atoms with E-state index in [0.29, 0.717) is 6.54 Å². The molecule has 1 aromatic heterocycles. The monoisotopic (exact) mass is 259 g/mol. The number of H-pyrrole nitrogens is 1. The molecule has 100 valence electrons. The van der Waals surface area contributed by atoms with Crippen LogP contribution in [0.15, 0.2) is 24.4 Å². The number of hydrogen-bond acceptors (Lipinski definition) is 3. The molecule has 0 unspecified atom stereocenters. The maximum atomic E-state index is 12.1. The van der Waals surface area contributed by atoms with E-state index in [0.717, 1.165) is 11.3 Å². The van der Waals surface area contributed by atoms with Gasteiger partial charge in [0.15, 0.2) is 0 Å². The second-order valence-electron chi connectivity index (χ2n) is 5.37. The van der Waals surface area contributed by atoms with Gasteiger partial charge >= 0.3 is 0 Å². The third-order valence-corrected chi connectivity index (χ3v) is 3.05. The van der Waals surface area contributed by atoms with E-state index in [1.807, 2.05) is 26.8 Å². The average Bonchev–Trinajstić information content (AvgIpc) is 2.75. The zero-order valence-corrected chi connectivity index (χ0v) is 11.3. The van der Waals surface area contributed by atoms with Gasteiger partial charge in [-0.15, -0.1) is 0 Å². The predicted octanol–water partition coefficient (Wildman–Crippen LogP) is 1.68. The summed E-state index contributed by atoms with van der Waals surface area (Å²) in [5.41, 5.74) is 1.55. The minimum atomic E-state index is -0.303. The van der Waals surface area contributed by atoms with Crippen molar-refractivity contribution in [2.75, 3.05) is 6.54 Å². The minimum Gasteiger partial charge on any atom is -0.282 e. The number of carbonyl (C=O) groups excluding carboxylic acids is 2. The van der Waals surface area contributed by atoms with Crippen LogP contribution in [0.1, 0.15) is 25.1 Å². The van der Waals surface area contributed by atoms with Crippen molar-refractivity contribution in [2.45, 2.75) is 20.8 Å². The highest BCUT2D eigenvalue weighted by atomic mass is 16.2. The Labute approximate surface area is 112 Å². The van der Waals surface area contributed by atoms with Gasteiger partial charge in [-0.25, -0.2) is 0 Å². The van der Waals surface area contributed by atoms with Gasteiger partial charge in [-0.1, -0.05) is 19.9 Å². The summed E-state index contributed by atoms with van der Waals surface area (Å²) < 4.78 is 0. The molecule has 1 aliphatic heterocycles. The van der Waals surface area contributed by atoms with E-state index in [2.05, 4.69) is 10.2 Å². The Morgan fingerprint density at radius 2 is 2.26 bits per heavy atom. The van der Waals surface area contributed by atoms with Gasteiger partial charge in [0.25, 0.3) is 11.8 Å². The van der Waals surface area contributed by atoms with E-state index in [9.17, 15) is 9.59 Å². The number of nitrogens with one attached hydrogen (secondary N) is 1. The lowest BCUT2D eigenvalue weighted by Crippen LogP contribution is -2.43. The highest BCUT2D eigenvalue weighted by molar-refractivity contribution is 6.07. The van der Waals surface area contributed by atoms with Crippen LogP contribution in [0.3, 0.4) is 0 Å². The molecule has 0 bridgehead atoms. The molecule has 1 aliphatic rings. The number of rotatable bonds is 2. The van der Waals surface area contributed by atoms with Crippen LogP contribution in [0.2, 0.25) is 0 Å². The Balaban J connectivity index is 2.13. The number of amides is 2. The lowest BCUT2D eigenvalue weighted by atomic mass is 9.89. The van der Waals surface area contributed by atoms with E-state index < -0.39 is 0 Å². The Kier molecular flexibility index (Phi) is 3.38. The van der Waals surface area contributed by atoms with Gasteiger partial charge in [0, 0.05) is 35.4 Å². The Morgan fingerprint density at radius 1 is 1.53 bits per heavy atom. The first kappa shape index (κ1) is 13.3. The molecule has 0 fully saturated rings. The van der Waals surface area contributed by atoms with E-state index in [1.54, 1.807) is 12.3 Å². The van der Waals surface area contributed by atoms with Crippen molar-refractivity contribution in [3.63, 3.8) is 0 Å². The molecule has 2 rings (SSSR count). The number of carbonyl (C=O) groups is 2. The normalized spacial score (nSPS) is 18.3. The molecule has 0 saturated carbocycles. The van der Waals surface area contributed by atoms with Crippen molar-refractivity contribution in [3.8, 4) is 0 Å². The zero-order valence-electron chi connectivity index (χ0n) is 11.3. The van der Waals surface area contributed by atoms with Crippen LogP contribution in [-0.4, -0.2) is 33.5 Å². The summed E-state index contributed by atoms with van der Waals surface area (Å²) in [7, 11) is 0. The van der Waals surface area contributed by atoms with Gasteiger partial charge < -0.3 is 0 Å². The van der Waals surface area contributed by atoms with E-state index in [1.165, 1.54) is 17.1 Å². The molecule has 19 heavy (non-hydrogen) atoms. The van der Waals surface area contributed by atoms with Gasteiger partial charge in [-0.05, 0) is 13.0 Å². The number of hydrogen-bond donors (Lipinski definition) is 1. The van der Waals surface area contributed by atoms with Crippen LogP contribution in [0, 0.1) is 12.3 Å². The fourth-order valence-electron chi connectivity index (χ4n) is 1.89. The number of nitrogens with zero attached hydrogens (tertiary/aromatic N) is 2. The second kappa shape index (κ2) is 4.84. The lowest BCUT2D eigenvalue weighted by Gasteiger charge is -2.31. The van der Waals surface area contributed by atoms with Gasteiger partial charge in [0.2, 0.25) is 0 Å². The lowest BCUT2D eigenvalue weighted by molar-refractivity contribution is -0.140. The first-order valence-corrected chi connectivity index (χ1v) is 6.12. The molecule has 5 heteroatoms.